The molecule has 0 N–H and O–H groups in total. The van der Waals surface area contributed by atoms with E-state index in [0.29, 0.717) is 0 Å². The van der Waals surface area contributed by atoms with Crippen molar-refractivity contribution in [1.29, 1.82) is 0 Å². The largest absolute Gasteiger partial charge is 0.301 e. The Morgan fingerprint density at radius 3 is 2.82 bits per heavy atom. The van der Waals surface area contributed by atoms with Crippen LogP contribution < -0.4 is 0 Å². The molecule has 1 saturated carbocycles. The SMILES string of the molecule is Cc1cnn(CCN(C)[C@H]2CCCC[C@H]2C)c1. The van der Waals surface area contributed by atoms with Crippen molar-refractivity contribution in [3.8, 4) is 0 Å². The van der Waals surface area contributed by atoms with Gasteiger partial charge in [0.25, 0.3) is 0 Å². The molecule has 0 saturated heterocycles. The standard InChI is InChI=1S/C14H25N3/c1-12-10-15-17(11-12)9-8-16(3)14-7-5-4-6-13(14)2/h10-11,13-14H,4-9H2,1-3H3/t13-,14+/m1/s1. The second-order valence-electron chi connectivity index (χ2n) is 5.59. The fourth-order valence-corrected chi connectivity index (χ4v) is 2.97. The highest BCUT2D eigenvalue weighted by atomic mass is 15.3. The average molecular weight is 235 g/mol. The van der Waals surface area contributed by atoms with E-state index in [-0.39, 0.29) is 0 Å². The molecule has 1 aromatic rings. The van der Waals surface area contributed by atoms with Crippen molar-refractivity contribution < 1.29 is 0 Å². The lowest BCUT2D eigenvalue weighted by Gasteiger charge is -2.36. The van der Waals surface area contributed by atoms with Crippen LogP contribution in [0.1, 0.15) is 38.2 Å². The van der Waals surface area contributed by atoms with Gasteiger partial charge in [-0.2, -0.15) is 5.10 Å². The lowest BCUT2D eigenvalue weighted by molar-refractivity contribution is 0.134. The normalized spacial score (nSPS) is 25.4. The van der Waals surface area contributed by atoms with Crippen molar-refractivity contribution in [1.82, 2.24) is 14.7 Å². The predicted octanol–water partition coefficient (Wildman–Crippen LogP) is 2.70. The summed E-state index contributed by atoms with van der Waals surface area (Å²) in [4.78, 5) is 2.53. The molecular weight excluding hydrogens is 210 g/mol. The van der Waals surface area contributed by atoms with Crippen LogP contribution in [0.3, 0.4) is 0 Å². The van der Waals surface area contributed by atoms with Gasteiger partial charge in [0.05, 0.1) is 12.7 Å². The summed E-state index contributed by atoms with van der Waals surface area (Å²) in [7, 11) is 2.27. The second-order valence-corrected chi connectivity index (χ2v) is 5.59. The Balaban J connectivity index is 1.82. The molecule has 0 aliphatic heterocycles. The van der Waals surface area contributed by atoms with Gasteiger partial charge >= 0.3 is 0 Å². The van der Waals surface area contributed by atoms with Crippen LogP contribution in [-0.4, -0.2) is 34.3 Å². The Hall–Kier alpha value is -0.830. The number of rotatable bonds is 4. The molecule has 0 unspecified atom stereocenters. The molecular formula is C14H25N3. The van der Waals surface area contributed by atoms with Gasteiger partial charge in [-0.05, 0) is 38.3 Å². The molecule has 0 bridgehead atoms. The highest BCUT2D eigenvalue weighted by molar-refractivity contribution is 4.99. The maximum absolute atomic E-state index is 4.34. The zero-order chi connectivity index (χ0) is 12.3. The fourth-order valence-electron chi connectivity index (χ4n) is 2.97. The van der Waals surface area contributed by atoms with Gasteiger partial charge in [0, 0.05) is 18.8 Å². The third-order valence-electron chi connectivity index (χ3n) is 4.08. The maximum atomic E-state index is 4.34. The highest BCUT2D eigenvalue weighted by Crippen LogP contribution is 2.27. The number of nitrogens with zero attached hydrogens (tertiary/aromatic N) is 3. The van der Waals surface area contributed by atoms with Gasteiger partial charge in [-0.3, -0.25) is 4.68 Å². The van der Waals surface area contributed by atoms with E-state index in [4.69, 9.17) is 0 Å². The van der Waals surface area contributed by atoms with E-state index in [0.717, 1.165) is 25.0 Å². The van der Waals surface area contributed by atoms with Crippen molar-refractivity contribution in [3.63, 3.8) is 0 Å². The quantitative estimate of drug-likeness (QED) is 0.800. The number of aryl methyl sites for hydroxylation is 1. The summed E-state index contributed by atoms with van der Waals surface area (Å²) in [6.07, 6.45) is 9.65. The van der Waals surface area contributed by atoms with E-state index in [1.807, 2.05) is 6.20 Å². The predicted molar refractivity (Wildman–Crippen MR) is 71.0 cm³/mol. The van der Waals surface area contributed by atoms with Crippen molar-refractivity contribution in [2.75, 3.05) is 13.6 Å². The van der Waals surface area contributed by atoms with Gasteiger partial charge in [0.15, 0.2) is 0 Å². The molecule has 2 rings (SSSR count). The van der Waals surface area contributed by atoms with E-state index < -0.39 is 0 Å². The van der Waals surface area contributed by atoms with Gasteiger partial charge in [-0.25, -0.2) is 0 Å². The van der Waals surface area contributed by atoms with Crippen LogP contribution in [-0.2, 0) is 6.54 Å². The Kier molecular flexibility index (Phi) is 4.21. The van der Waals surface area contributed by atoms with E-state index in [1.54, 1.807) is 0 Å². The van der Waals surface area contributed by atoms with Gasteiger partial charge in [0.2, 0.25) is 0 Å². The fraction of sp³-hybridized carbons (Fsp3) is 0.786. The van der Waals surface area contributed by atoms with Gasteiger partial charge in [-0.1, -0.05) is 19.8 Å². The first-order chi connectivity index (χ1) is 8.16. The summed E-state index contributed by atoms with van der Waals surface area (Å²) in [5.74, 6) is 0.855. The third-order valence-corrected chi connectivity index (χ3v) is 4.08. The van der Waals surface area contributed by atoms with Crippen molar-refractivity contribution >= 4 is 0 Å². The molecule has 1 heterocycles. The summed E-state index contributed by atoms with van der Waals surface area (Å²) >= 11 is 0. The molecule has 17 heavy (non-hydrogen) atoms. The molecule has 3 nitrogen and oxygen atoms in total. The molecule has 0 amide bonds. The molecule has 1 aromatic heterocycles. The van der Waals surface area contributed by atoms with E-state index >= 15 is 0 Å². The first-order valence-electron chi connectivity index (χ1n) is 6.86. The minimum Gasteiger partial charge on any atom is -0.301 e. The molecule has 96 valence electrons. The van der Waals surface area contributed by atoms with E-state index in [2.05, 4.69) is 41.8 Å². The Morgan fingerprint density at radius 2 is 2.18 bits per heavy atom. The first kappa shape index (κ1) is 12.6. The molecule has 1 fully saturated rings. The molecule has 1 aliphatic rings. The van der Waals surface area contributed by atoms with Gasteiger partial charge in [0.1, 0.15) is 0 Å². The Labute approximate surface area is 105 Å². The van der Waals surface area contributed by atoms with Crippen LogP contribution in [0.5, 0.6) is 0 Å². The smallest absolute Gasteiger partial charge is 0.0536 e. The van der Waals surface area contributed by atoms with Crippen molar-refractivity contribution in [2.24, 2.45) is 5.92 Å². The van der Waals surface area contributed by atoms with Crippen LogP contribution in [0.2, 0.25) is 0 Å². The third kappa shape index (κ3) is 3.32. The van der Waals surface area contributed by atoms with Crippen molar-refractivity contribution in [3.05, 3.63) is 18.0 Å². The average Bonchev–Trinajstić information content (AvgIpc) is 2.73. The summed E-state index contributed by atoms with van der Waals surface area (Å²) in [6, 6.07) is 0.778. The highest BCUT2D eigenvalue weighted by Gasteiger charge is 2.24. The maximum Gasteiger partial charge on any atom is 0.0536 e. The van der Waals surface area contributed by atoms with Crippen LogP contribution in [0.4, 0.5) is 0 Å². The minimum absolute atomic E-state index is 0.778. The number of hydrogen-bond acceptors (Lipinski definition) is 2. The van der Waals surface area contributed by atoms with Crippen LogP contribution >= 0.6 is 0 Å². The van der Waals surface area contributed by atoms with E-state index in [1.165, 1.54) is 31.2 Å². The number of likely N-dealkylation sites (N-methyl/N-ethyl adjacent to an activating group) is 1. The topological polar surface area (TPSA) is 21.1 Å². The van der Waals surface area contributed by atoms with Crippen LogP contribution in [0, 0.1) is 12.8 Å². The first-order valence-corrected chi connectivity index (χ1v) is 6.86. The lowest BCUT2D eigenvalue weighted by Crippen LogP contribution is -2.40. The molecule has 0 radical (unpaired) electrons. The molecule has 3 heteroatoms. The number of aromatic nitrogens is 2. The number of hydrogen-bond donors (Lipinski definition) is 0. The van der Waals surface area contributed by atoms with Crippen molar-refractivity contribution in [2.45, 2.75) is 52.1 Å². The molecule has 2 atom stereocenters. The monoisotopic (exact) mass is 235 g/mol. The van der Waals surface area contributed by atoms with Gasteiger partial charge in [-0.15, -0.1) is 0 Å². The second kappa shape index (κ2) is 5.67. The summed E-state index contributed by atoms with van der Waals surface area (Å²) in [5, 5.41) is 4.34. The van der Waals surface area contributed by atoms with Crippen LogP contribution in [0.15, 0.2) is 12.4 Å². The molecule has 0 aromatic carbocycles. The minimum atomic E-state index is 0.778. The van der Waals surface area contributed by atoms with Gasteiger partial charge < -0.3 is 4.90 Å². The summed E-state index contributed by atoms with van der Waals surface area (Å²) < 4.78 is 2.05. The van der Waals surface area contributed by atoms with E-state index in [9.17, 15) is 0 Å². The zero-order valence-electron chi connectivity index (χ0n) is 11.4. The Bertz CT molecular complexity index is 345. The molecule has 1 aliphatic carbocycles. The lowest BCUT2D eigenvalue weighted by atomic mass is 9.85. The zero-order valence-corrected chi connectivity index (χ0v) is 11.4. The molecule has 0 spiro atoms. The summed E-state index contributed by atoms with van der Waals surface area (Å²) in [6.45, 7) is 6.61. The van der Waals surface area contributed by atoms with Crippen LogP contribution in [0.25, 0.3) is 0 Å². The summed E-state index contributed by atoms with van der Waals surface area (Å²) in [5.41, 5.74) is 1.25. The Morgan fingerprint density at radius 1 is 1.41 bits per heavy atom.